The monoisotopic (exact) mass is 354 g/mol. The van der Waals surface area contributed by atoms with E-state index in [0.717, 1.165) is 0 Å². The number of hydrogen-bond donors (Lipinski definition) is 0. The summed E-state index contributed by atoms with van der Waals surface area (Å²) in [6, 6.07) is 17.5. The van der Waals surface area contributed by atoms with Gasteiger partial charge >= 0.3 is 119 Å². The van der Waals surface area contributed by atoms with Gasteiger partial charge in [-0.1, -0.05) is 0 Å². The Kier molecular flexibility index (Phi) is 3.43. The Hall–Kier alpha value is -0.810. The van der Waals surface area contributed by atoms with Crippen LogP contribution < -0.4 is 7.22 Å². The van der Waals surface area contributed by atoms with E-state index in [-0.39, 0.29) is 33.1 Å². The van der Waals surface area contributed by atoms with E-state index in [0.29, 0.717) is 0 Å². The molecule has 2 heteroatoms. The molecule has 2 aromatic rings. The SMILES string of the molecule is CC(C)OC1c2ccccc2[Te]c2ccccc21. The van der Waals surface area contributed by atoms with E-state index in [1.165, 1.54) is 18.3 Å². The Morgan fingerprint density at radius 2 is 1.39 bits per heavy atom. The van der Waals surface area contributed by atoms with Gasteiger partial charge in [0.15, 0.2) is 0 Å². The first-order chi connectivity index (χ1) is 8.75. The van der Waals surface area contributed by atoms with Crippen LogP contribution in [0.25, 0.3) is 0 Å². The van der Waals surface area contributed by atoms with Crippen LogP contribution in [-0.4, -0.2) is 27.0 Å². The number of rotatable bonds is 2. The number of hydrogen-bond acceptors (Lipinski definition) is 1. The van der Waals surface area contributed by atoms with Gasteiger partial charge in [-0.05, 0) is 0 Å². The fourth-order valence-corrected chi connectivity index (χ4v) is 5.47. The third-order valence-electron chi connectivity index (χ3n) is 3.03. The molecule has 2 aromatic carbocycles. The molecular formula is C16H16OTe. The summed E-state index contributed by atoms with van der Waals surface area (Å²) in [6.07, 6.45) is 0.367. The molecule has 92 valence electrons. The molecule has 0 radical (unpaired) electrons. The van der Waals surface area contributed by atoms with E-state index in [9.17, 15) is 0 Å². The van der Waals surface area contributed by atoms with Crippen molar-refractivity contribution in [2.24, 2.45) is 0 Å². The molecule has 1 heterocycles. The summed E-state index contributed by atoms with van der Waals surface area (Å²) in [7, 11) is 0. The van der Waals surface area contributed by atoms with Crippen molar-refractivity contribution in [3.8, 4) is 0 Å². The molecular weight excluding hydrogens is 336 g/mol. The summed E-state index contributed by atoms with van der Waals surface area (Å²) in [5.74, 6) is 0. The molecule has 18 heavy (non-hydrogen) atoms. The number of ether oxygens (including phenoxy) is 1. The summed E-state index contributed by atoms with van der Waals surface area (Å²) < 4.78 is 9.21. The summed E-state index contributed by atoms with van der Waals surface area (Å²) in [5.41, 5.74) is 2.76. The van der Waals surface area contributed by atoms with E-state index < -0.39 is 0 Å². The topological polar surface area (TPSA) is 9.23 Å². The molecule has 1 nitrogen and oxygen atoms in total. The zero-order valence-corrected chi connectivity index (χ0v) is 12.9. The molecule has 3 rings (SSSR count). The van der Waals surface area contributed by atoms with Crippen molar-refractivity contribution in [2.45, 2.75) is 26.1 Å². The molecule has 1 aliphatic heterocycles. The van der Waals surface area contributed by atoms with E-state index in [1.807, 2.05) is 0 Å². The van der Waals surface area contributed by atoms with Gasteiger partial charge in [0.2, 0.25) is 0 Å². The Balaban J connectivity index is 2.11. The first kappa shape index (κ1) is 12.2. The van der Waals surface area contributed by atoms with Crippen LogP contribution in [0.5, 0.6) is 0 Å². The average molecular weight is 352 g/mol. The molecule has 0 unspecified atom stereocenters. The molecule has 0 N–H and O–H groups in total. The summed E-state index contributed by atoms with van der Waals surface area (Å²) in [4.78, 5) is 0. The molecule has 0 atom stereocenters. The van der Waals surface area contributed by atoms with Crippen molar-refractivity contribution in [3.63, 3.8) is 0 Å². The Bertz CT molecular complexity index is 517. The van der Waals surface area contributed by atoms with Gasteiger partial charge in [0, 0.05) is 0 Å². The first-order valence-corrected chi connectivity index (χ1v) is 8.60. The molecule has 0 fully saturated rings. The zero-order valence-electron chi connectivity index (χ0n) is 10.6. The maximum absolute atomic E-state index is 6.16. The van der Waals surface area contributed by atoms with Crippen LogP contribution in [-0.2, 0) is 4.74 Å². The standard InChI is InChI=1S/C16H16OTe/c1-11(2)17-16-12-7-3-5-9-14(12)18-15-10-6-4-8-13(15)16/h3-11,16H,1-2H3. The van der Waals surface area contributed by atoms with Crippen LogP contribution in [0.15, 0.2) is 48.5 Å². The molecule has 0 aliphatic carbocycles. The minimum atomic E-state index is -0.254. The van der Waals surface area contributed by atoms with E-state index >= 15 is 0 Å². The maximum atomic E-state index is 6.16. The predicted molar refractivity (Wildman–Crippen MR) is 76.0 cm³/mol. The van der Waals surface area contributed by atoms with Crippen LogP contribution in [0, 0.1) is 0 Å². The van der Waals surface area contributed by atoms with Crippen LogP contribution in [0.1, 0.15) is 31.1 Å². The van der Waals surface area contributed by atoms with Gasteiger partial charge in [-0.25, -0.2) is 0 Å². The molecule has 0 aromatic heterocycles. The predicted octanol–water partition coefficient (Wildman–Crippen LogP) is 2.17. The van der Waals surface area contributed by atoms with Crippen molar-refractivity contribution in [2.75, 3.05) is 0 Å². The molecule has 0 saturated carbocycles. The fourth-order valence-electron chi connectivity index (χ4n) is 2.28. The first-order valence-electron chi connectivity index (χ1n) is 6.27. The molecule has 0 saturated heterocycles. The van der Waals surface area contributed by atoms with Crippen molar-refractivity contribution in [1.82, 2.24) is 0 Å². The van der Waals surface area contributed by atoms with E-state index in [2.05, 4.69) is 62.4 Å². The summed E-state index contributed by atoms with van der Waals surface area (Å²) in [6.45, 7) is 4.22. The van der Waals surface area contributed by atoms with Crippen LogP contribution in [0.2, 0.25) is 0 Å². The summed E-state index contributed by atoms with van der Waals surface area (Å²) >= 11 is -0.254. The van der Waals surface area contributed by atoms with Gasteiger partial charge in [-0.3, -0.25) is 0 Å². The van der Waals surface area contributed by atoms with Crippen molar-refractivity contribution < 1.29 is 4.74 Å². The second kappa shape index (κ2) is 5.05. The zero-order chi connectivity index (χ0) is 12.5. The minimum absolute atomic E-state index is 0.122. The van der Waals surface area contributed by atoms with Gasteiger partial charge in [0.25, 0.3) is 0 Å². The summed E-state index contributed by atoms with van der Waals surface area (Å²) in [5, 5.41) is 0. The van der Waals surface area contributed by atoms with Crippen LogP contribution >= 0.6 is 0 Å². The normalized spacial score (nSPS) is 14.4. The fraction of sp³-hybridized carbons (Fsp3) is 0.250. The van der Waals surface area contributed by atoms with E-state index in [4.69, 9.17) is 4.74 Å². The number of benzene rings is 2. The van der Waals surface area contributed by atoms with Gasteiger partial charge < -0.3 is 0 Å². The van der Waals surface area contributed by atoms with Crippen molar-refractivity contribution in [3.05, 3.63) is 59.7 Å². The van der Waals surface area contributed by atoms with Crippen molar-refractivity contribution >= 4 is 28.1 Å². The Labute approximate surface area is 118 Å². The molecule has 0 amide bonds. The third kappa shape index (κ3) is 2.21. The molecule has 1 aliphatic rings. The quantitative estimate of drug-likeness (QED) is 0.753. The molecule has 0 bridgehead atoms. The van der Waals surface area contributed by atoms with Crippen molar-refractivity contribution in [1.29, 1.82) is 0 Å². The average Bonchev–Trinajstić information content (AvgIpc) is 2.38. The molecule has 0 spiro atoms. The van der Waals surface area contributed by atoms with Gasteiger partial charge in [-0.2, -0.15) is 0 Å². The number of fused-ring (bicyclic) bond motifs is 2. The van der Waals surface area contributed by atoms with Gasteiger partial charge in [0.1, 0.15) is 0 Å². The second-order valence-corrected chi connectivity index (χ2v) is 7.84. The Morgan fingerprint density at radius 1 is 0.889 bits per heavy atom. The van der Waals surface area contributed by atoms with Gasteiger partial charge in [-0.15, -0.1) is 0 Å². The third-order valence-corrected chi connectivity index (χ3v) is 6.41. The van der Waals surface area contributed by atoms with Crippen LogP contribution in [0.3, 0.4) is 0 Å². The van der Waals surface area contributed by atoms with E-state index in [1.54, 1.807) is 0 Å². The van der Waals surface area contributed by atoms with Crippen LogP contribution in [0.4, 0.5) is 0 Å². The Morgan fingerprint density at radius 3 is 1.89 bits per heavy atom. The van der Waals surface area contributed by atoms with Gasteiger partial charge in [0.05, 0.1) is 0 Å². The second-order valence-electron chi connectivity index (χ2n) is 4.74.